The fourth-order valence-electron chi connectivity index (χ4n) is 4.65. The summed E-state index contributed by atoms with van der Waals surface area (Å²) in [5, 5.41) is 6.46. The number of carbonyl (C=O) groups excluding carboxylic acids is 2. The van der Waals surface area contributed by atoms with Crippen molar-refractivity contribution in [3.63, 3.8) is 0 Å². The van der Waals surface area contributed by atoms with Crippen molar-refractivity contribution in [3.05, 3.63) is 0 Å². The van der Waals surface area contributed by atoms with E-state index in [1.54, 1.807) is 0 Å². The van der Waals surface area contributed by atoms with Crippen molar-refractivity contribution in [1.82, 2.24) is 10.6 Å². The molecular formula is C23H42N2O2. The molecule has 2 fully saturated rings. The second-order valence-electron chi connectivity index (χ2n) is 9.62. The number of fused-ring (bicyclic) bond motifs is 3. The SMILES string of the molecule is CCCCCCCCCCC(C)(C)C(=O)NC12CCCC(CCC1)C(=O)N2. The first-order chi connectivity index (χ1) is 12.9. The molecule has 0 aliphatic carbocycles. The number of unbranched alkanes of at least 4 members (excludes halogenated alkanes) is 7. The largest absolute Gasteiger partial charge is 0.333 e. The molecule has 0 radical (unpaired) electrons. The molecule has 2 rings (SSSR count). The standard InChI is InChI=1S/C23H42N2O2/c1-4-5-6-7-8-9-10-11-16-22(2,3)21(27)25-23-17-12-14-19(15-13-18-23)20(26)24-23/h19H,4-18H2,1-3H3,(H,24,26)(H,25,27). The molecule has 4 heteroatoms. The summed E-state index contributed by atoms with van der Waals surface area (Å²) in [4.78, 5) is 25.4. The van der Waals surface area contributed by atoms with Gasteiger partial charge in [0.2, 0.25) is 11.8 Å². The third kappa shape index (κ3) is 6.80. The highest BCUT2D eigenvalue weighted by Crippen LogP contribution is 2.34. The Kier molecular flexibility index (Phi) is 8.62. The number of rotatable bonds is 11. The van der Waals surface area contributed by atoms with Crippen molar-refractivity contribution in [1.29, 1.82) is 0 Å². The van der Waals surface area contributed by atoms with Gasteiger partial charge in [-0.3, -0.25) is 9.59 Å². The molecule has 0 spiro atoms. The number of hydrogen-bond donors (Lipinski definition) is 2. The highest BCUT2D eigenvalue weighted by atomic mass is 16.2. The van der Waals surface area contributed by atoms with Crippen molar-refractivity contribution in [2.75, 3.05) is 0 Å². The number of hydrogen-bond acceptors (Lipinski definition) is 2. The van der Waals surface area contributed by atoms with Crippen LogP contribution in [0.25, 0.3) is 0 Å². The molecule has 156 valence electrons. The van der Waals surface area contributed by atoms with Gasteiger partial charge in [0.1, 0.15) is 5.66 Å². The van der Waals surface area contributed by atoms with E-state index in [2.05, 4.69) is 31.4 Å². The van der Waals surface area contributed by atoms with E-state index in [4.69, 9.17) is 0 Å². The average molecular weight is 379 g/mol. The first-order valence-electron chi connectivity index (χ1n) is 11.5. The topological polar surface area (TPSA) is 58.2 Å². The summed E-state index contributed by atoms with van der Waals surface area (Å²) in [5.74, 6) is 0.397. The van der Waals surface area contributed by atoms with Gasteiger partial charge in [-0.05, 0) is 44.9 Å². The lowest BCUT2D eigenvalue weighted by Gasteiger charge is -2.37. The molecule has 0 aromatic heterocycles. The molecule has 0 unspecified atom stereocenters. The van der Waals surface area contributed by atoms with Crippen LogP contribution in [0.4, 0.5) is 0 Å². The van der Waals surface area contributed by atoms with Crippen molar-refractivity contribution >= 4 is 11.8 Å². The molecule has 0 atom stereocenters. The summed E-state index contributed by atoms with van der Waals surface area (Å²) in [7, 11) is 0. The fourth-order valence-corrected chi connectivity index (χ4v) is 4.65. The summed E-state index contributed by atoms with van der Waals surface area (Å²) in [5.41, 5.74) is -0.879. The Labute approximate surface area is 166 Å². The predicted molar refractivity (Wildman–Crippen MR) is 111 cm³/mol. The zero-order chi connectivity index (χ0) is 19.8. The predicted octanol–water partition coefficient (Wildman–Crippen LogP) is 5.46. The third-order valence-electron chi connectivity index (χ3n) is 6.67. The van der Waals surface area contributed by atoms with Gasteiger partial charge in [-0.1, -0.05) is 72.1 Å². The molecule has 2 heterocycles. The van der Waals surface area contributed by atoms with Crippen molar-refractivity contribution in [2.24, 2.45) is 11.3 Å². The summed E-state index contributed by atoms with van der Waals surface area (Å²) in [6.07, 6.45) is 16.9. The Morgan fingerprint density at radius 3 is 2.19 bits per heavy atom. The molecule has 2 aliphatic heterocycles. The smallest absolute Gasteiger partial charge is 0.227 e. The molecule has 0 aromatic carbocycles. The average Bonchev–Trinajstić information content (AvgIpc) is 2.84. The zero-order valence-corrected chi connectivity index (χ0v) is 18.0. The maximum atomic E-state index is 13.0. The summed E-state index contributed by atoms with van der Waals surface area (Å²) < 4.78 is 0. The lowest BCUT2D eigenvalue weighted by atomic mass is 9.84. The van der Waals surface area contributed by atoms with E-state index in [1.165, 1.54) is 44.9 Å². The van der Waals surface area contributed by atoms with Crippen molar-refractivity contribution in [3.8, 4) is 0 Å². The van der Waals surface area contributed by atoms with Gasteiger partial charge in [0.05, 0.1) is 0 Å². The van der Waals surface area contributed by atoms with Crippen LogP contribution in [0.15, 0.2) is 0 Å². The van der Waals surface area contributed by atoms with Crippen LogP contribution < -0.4 is 10.6 Å². The number of amides is 2. The Morgan fingerprint density at radius 1 is 1.04 bits per heavy atom. The molecule has 0 aromatic rings. The minimum Gasteiger partial charge on any atom is -0.333 e. The van der Waals surface area contributed by atoms with Crippen LogP contribution in [0.3, 0.4) is 0 Å². The quantitative estimate of drug-likeness (QED) is 0.469. The van der Waals surface area contributed by atoms with Crippen LogP contribution in [0, 0.1) is 11.3 Å². The highest BCUT2D eigenvalue weighted by Gasteiger charge is 2.42. The zero-order valence-electron chi connectivity index (χ0n) is 18.0. The van der Waals surface area contributed by atoms with E-state index in [-0.39, 0.29) is 23.1 Å². The van der Waals surface area contributed by atoms with Gasteiger partial charge in [0.25, 0.3) is 0 Å². The lowest BCUT2D eigenvalue weighted by molar-refractivity contribution is -0.133. The summed E-state index contributed by atoms with van der Waals surface area (Å²) in [6.45, 7) is 6.36. The van der Waals surface area contributed by atoms with E-state index in [1.807, 2.05) is 0 Å². The fraction of sp³-hybridized carbons (Fsp3) is 0.913. The van der Waals surface area contributed by atoms with Gasteiger partial charge in [-0.15, -0.1) is 0 Å². The second kappa shape index (κ2) is 10.5. The van der Waals surface area contributed by atoms with Gasteiger partial charge in [-0.2, -0.15) is 0 Å². The molecule has 2 bridgehead atoms. The molecule has 27 heavy (non-hydrogen) atoms. The molecular weight excluding hydrogens is 336 g/mol. The molecule has 2 saturated heterocycles. The Morgan fingerprint density at radius 2 is 1.59 bits per heavy atom. The maximum absolute atomic E-state index is 13.0. The normalized spacial score (nSPS) is 25.6. The van der Waals surface area contributed by atoms with Crippen LogP contribution in [-0.2, 0) is 9.59 Å². The van der Waals surface area contributed by atoms with E-state index < -0.39 is 5.66 Å². The number of nitrogens with one attached hydrogen (secondary N) is 2. The van der Waals surface area contributed by atoms with Gasteiger partial charge >= 0.3 is 0 Å². The highest BCUT2D eigenvalue weighted by molar-refractivity contribution is 5.85. The lowest BCUT2D eigenvalue weighted by Crippen LogP contribution is -2.61. The molecule has 0 saturated carbocycles. The molecule has 2 N–H and O–H groups in total. The summed E-state index contributed by atoms with van der Waals surface area (Å²) >= 11 is 0. The minimum absolute atomic E-state index is 0.103. The summed E-state index contributed by atoms with van der Waals surface area (Å²) in [6, 6.07) is 0. The van der Waals surface area contributed by atoms with Crippen molar-refractivity contribution < 1.29 is 9.59 Å². The number of carbonyl (C=O) groups is 2. The second-order valence-corrected chi connectivity index (χ2v) is 9.62. The molecule has 2 amide bonds. The van der Waals surface area contributed by atoms with Crippen molar-refractivity contribution in [2.45, 2.75) is 123 Å². The van der Waals surface area contributed by atoms with E-state index in [0.29, 0.717) is 0 Å². The third-order valence-corrected chi connectivity index (χ3v) is 6.67. The Bertz CT molecular complexity index is 477. The van der Waals surface area contributed by atoms with Crippen LogP contribution in [0.2, 0.25) is 0 Å². The van der Waals surface area contributed by atoms with Gasteiger partial charge in [0.15, 0.2) is 0 Å². The first-order valence-corrected chi connectivity index (χ1v) is 11.5. The van der Waals surface area contributed by atoms with Crippen LogP contribution in [0.5, 0.6) is 0 Å². The van der Waals surface area contributed by atoms with Gasteiger partial charge in [-0.25, -0.2) is 0 Å². The van der Waals surface area contributed by atoms with Gasteiger partial charge in [0, 0.05) is 11.3 Å². The van der Waals surface area contributed by atoms with E-state index in [0.717, 1.165) is 51.4 Å². The van der Waals surface area contributed by atoms with E-state index in [9.17, 15) is 9.59 Å². The molecule has 4 nitrogen and oxygen atoms in total. The van der Waals surface area contributed by atoms with E-state index >= 15 is 0 Å². The van der Waals surface area contributed by atoms with Gasteiger partial charge < -0.3 is 10.6 Å². The maximum Gasteiger partial charge on any atom is 0.227 e. The first kappa shape index (κ1) is 22.2. The minimum atomic E-state index is -0.504. The Balaban J connectivity index is 1.76. The Hall–Kier alpha value is -1.06. The van der Waals surface area contributed by atoms with Crippen LogP contribution in [-0.4, -0.2) is 17.5 Å². The monoisotopic (exact) mass is 378 g/mol. The van der Waals surface area contributed by atoms with Crippen LogP contribution in [0.1, 0.15) is 117 Å². The molecule has 2 aliphatic rings. The van der Waals surface area contributed by atoms with Crippen LogP contribution >= 0.6 is 0 Å².